The second kappa shape index (κ2) is 10.5. The summed E-state index contributed by atoms with van der Waals surface area (Å²) >= 11 is 0. The number of carbonyl (C=O) groups excluding carboxylic acids is 2. The lowest BCUT2D eigenvalue weighted by molar-refractivity contribution is -0.124. The van der Waals surface area contributed by atoms with Crippen LogP contribution in [0.3, 0.4) is 0 Å². The Morgan fingerprint density at radius 2 is 1.48 bits per heavy atom. The van der Waals surface area contributed by atoms with Gasteiger partial charge in [-0.3, -0.25) is 14.5 Å². The van der Waals surface area contributed by atoms with Gasteiger partial charge in [-0.2, -0.15) is 0 Å². The molecule has 1 fully saturated rings. The maximum absolute atomic E-state index is 13.5. The molecule has 0 radical (unpaired) electrons. The van der Waals surface area contributed by atoms with Gasteiger partial charge in [0.2, 0.25) is 11.8 Å². The molecule has 5 heteroatoms. The number of anilines is 2. The van der Waals surface area contributed by atoms with Gasteiger partial charge in [-0.1, -0.05) is 60.7 Å². The summed E-state index contributed by atoms with van der Waals surface area (Å²) in [4.78, 5) is 28.4. The largest absolute Gasteiger partial charge is 0.326 e. The number of benzene rings is 3. The molecule has 0 unspecified atom stereocenters. The van der Waals surface area contributed by atoms with Gasteiger partial charge in [0.15, 0.2) is 0 Å². The third-order valence-corrected chi connectivity index (χ3v) is 6.32. The van der Waals surface area contributed by atoms with Gasteiger partial charge >= 0.3 is 0 Å². The van der Waals surface area contributed by atoms with Crippen molar-refractivity contribution in [2.75, 3.05) is 23.7 Å². The summed E-state index contributed by atoms with van der Waals surface area (Å²) in [5.41, 5.74) is 4.78. The van der Waals surface area contributed by atoms with Crippen molar-refractivity contribution in [2.45, 2.75) is 32.7 Å². The third-order valence-electron chi connectivity index (χ3n) is 6.32. The molecule has 0 aromatic heterocycles. The molecule has 1 aliphatic rings. The molecule has 2 N–H and O–H groups in total. The Kier molecular flexibility index (Phi) is 7.20. The highest BCUT2D eigenvalue weighted by Gasteiger charge is 2.33. The van der Waals surface area contributed by atoms with Crippen molar-refractivity contribution < 1.29 is 9.59 Å². The lowest BCUT2D eigenvalue weighted by Gasteiger charge is -2.36. The van der Waals surface area contributed by atoms with Gasteiger partial charge in [0.25, 0.3) is 0 Å². The molecule has 5 nitrogen and oxygen atoms in total. The summed E-state index contributed by atoms with van der Waals surface area (Å²) < 4.78 is 0. The molecule has 33 heavy (non-hydrogen) atoms. The van der Waals surface area contributed by atoms with Crippen molar-refractivity contribution in [3.05, 3.63) is 95.6 Å². The zero-order valence-electron chi connectivity index (χ0n) is 19.3. The summed E-state index contributed by atoms with van der Waals surface area (Å²) in [7, 11) is 0. The smallest absolute Gasteiger partial charge is 0.246 e. The Bertz CT molecular complexity index is 1090. The highest BCUT2D eigenvalue weighted by atomic mass is 16.2. The number of aryl methyl sites for hydroxylation is 2. The van der Waals surface area contributed by atoms with Crippen molar-refractivity contribution in [2.24, 2.45) is 5.92 Å². The molecule has 0 aliphatic carbocycles. The van der Waals surface area contributed by atoms with Crippen LogP contribution in [0.2, 0.25) is 0 Å². The van der Waals surface area contributed by atoms with Crippen LogP contribution < -0.4 is 10.6 Å². The Morgan fingerprint density at radius 1 is 0.848 bits per heavy atom. The van der Waals surface area contributed by atoms with E-state index in [1.165, 1.54) is 0 Å². The highest BCUT2D eigenvalue weighted by Crippen LogP contribution is 2.29. The minimum absolute atomic E-state index is 0.0397. The topological polar surface area (TPSA) is 61.4 Å². The van der Waals surface area contributed by atoms with E-state index in [4.69, 9.17) is 0 Å². The maximum Gasteiger partial charge on any atom is 0.246 e. The van der Waals surface area contributed by atoms with Crippen LogP contribution in [0.5, 0.6) is 0 Å². The van der Waals surface area contributed by atoms with Crippen LogP contribution in [0.15, 0.2) is 78.9 Å². The SMILES string of the molecule is Cc1ccc(C)c(NC(=O)[C@@H](c2ccccc2)N2CCC(C(=O)Nc3ccccc3)CC2)c1. The van der Waals surface area contributed by atoms with E-state index >= 15 is 0 Å². The van der Waals surface area contributed by atoms with Crippen molar-refractivity contribution in [1.29, 1.82) is 0 Å². The minimum atomic E-state index is -0.399. The van der Waals surface area contributed by atoms with Crippen LogP contribution in [-0.2, 0) is 9.59 Å². The van der Waals surface area contributed by atoms with Crippen LogP contribution in [0.1, 0.15) is 35.6 Å². The van der Waals surface area contributed by atoms with E-state index in [1.54, 1.807) is 0 Å². The molecular weight excluding hydrogens is 410 g/mol. The van der Waals surface area contributed by atoms with E-state index in [1.807, 2.05) is 92.7 Å². The third kappa shape index (κ3) is 5.68. The number of likely N-dealkylation sites (tertiary alicyclic amines) is 1. The summed E-state index contributed by atoms with van der Waals surface area (Å²) in [5.74, 6) is -0.0426. The summed E-state index contributed by atoms with van der Waals surface area (Å²) in [5, 5.41) is 6.17. The van der Waals surface area contributed by atoms with E-state index in [-0.39, 0.29) is 17.7 Å². The van der Waals surface area contributed by atoms with E-state index in [0.717, 1.165) is 40.9 Å². The number of carbonyl (C=O) groups is 2. The first kappa shape index (κ1) is 22.7. The number of amides is 2. The minimum Gasteiger partial charge on any atom is -0.326 e. The standard InChI is InChI=1S/C28H31N3O2/c1-20-13-14-21(2)25(19-20)30-28(33)26(22-9-5-3-6-10-22)31-17-15-23(16-18-31)27(32)29-24-11-7-4-8-12-24/h3-14,19,23,26H,15-18H2,1-2H3,(H,29,32)(H,30,33)/t26-/m1/s1. The molecule has 1 atom stereocenters. The van der Waals surface area contributed by atoms with Crippen LogP contribution >= 0.6 is 0 Å². The average molecular weight is 442 g/mol. The molecule has 0 saturated carbocycles. The fourth-order valence-electron chi connectivity index (χ4n) is 4.42. The number of nitrogens with one attached hydrogen (secondary N) is 2. The molecule has 1 saturated heterocycles. The molecular formula is C28H31N3O2. The fourth-order valence-corrected chi connectivity index (χ4v) is 4.42. The molecule has 2 amide bonds. The average Bonchev–Trinajstić information content (AvgIpc) is 2.83. The predicted molar refractivity (Wildman–Crippen MR) is 133 cm³/mol. The lowest BCUT2D eigenvalue weighted by Crippen LogP contribution is -2.44. The van der Waals surface area contributed by atoms with E-state index in [2.05, 4.69) is 15.5 Å². The summed E-state index contributed by atoms with van der Waals surface area (Å²) in [6.45, 7) is 5.40. The van der Waals surface area contributed by atoms with E-state index in [0.29, 0.717) is 13.1 Å². The Hall–Kier alpha value is -3.44. The van der Waals surface area contributed by atoms with Gasteiger partial charge in [-0.25, -0.2) is 0 Å². The van der Waals surface area contributed by atoms with E-state index < -0.39 is 6.04 Å². The number of piperidine rings is 1. The van der Waals surface area contributed by atoms with Crippen molar-refractivity contribution in [3.8, 4) is 0 Å². The summed E-state index contributed by atoms with van der Waals surface area (Å²) in [6.07, 6.45) is 1.44. The quantitative estimate of drug-likeness (QED) is 0.543. The zero-order valence-corrected chi connectivity index (χ0v) is 19.3. The van der Waals surface area contributed by atoms with Gasteiger partial charge in [0.05, 0.1) is 0 Å². The number of para-hydroxylation sites is 1. The second-order valence-electron chi connectivity index (χ2n) is 8.79. The number of rotatable bonds is 6. The highest BCUT2D eigenvalue weighted by molar-refractivity contribution is 5.96. The Labute approximate surface area is 195 Å². The van der Waals surface area contributed by atoms with Gasteiger partial charge in [0.1, 0.15) is 6.04 Å². The Balaban J connectivity index is 1.46. The lowest BCUT2D eigenvalue weighted by atomic mass is 9.93. The zero-order chi connectivity index (χ0) is 23.2. The monoisotopic (exact) mass is 441 g/mol. The fraction of sp³-hybridized carbons (Fsp3) is 0.286. The first-order valence-corrected chi connectivity index (χ1v) is 11.5. The molecule has 3 aromatic carbocycles. The predicted octanol–water partition coefficient (Wildman–Crippen LogP) is 5.33. The van der Waals surface area contributed by atoms with E-state index in [9.17, 15) is 9.59 Å². The van der Waals surface area contributed by atoms with Gasteiger partial charge in [0, 0.05) is 17.3 Å². The maximum atomic E-state index is 13.5. The van der Waals surface area contributed by atoms with Crippen LogP contribution in [0.4, 0.5) is 11.4 Å². The van der Waals surface area contributed by atoms with Crippen LogP contribution in [-0.4, -0.2) is 29.8 Å². The first-order valence-electron chi connectivity index (χ1n) is 11.5. The van der Waals surface area contributed by atoms with Crippen molar-refractivity contribution >= 4 is 23.2 Å². The molecule has 1 heterocycles. The van der Waals surface area contributed by atoms with Gasteiger partial charge in [-0.05, 0) is 74.7 Å². The first-order chi connectivity index (χ1) is 16.0. The number of hydrogen-bond acceptors (Lipinski definition) is 3. The normalized spacial score (nSPS) is 15.6. The van der Waals surface area contributed by atoms with Crippen molar-refractivity contribution in [1.82, 2.24) is 4.90 Å². The van der Waals surface area contributed by atoms with Crippen LogP contribution in [0.25, 0.3) is 0 Å². The molecule has 3 aromatic rings. The second-order valence-corrected chi connectivity index (χ2v) is 8.79. The summed E-state index contributed by atoms with van der Waals surface area (Å²) in [6, 6.07) is 25.1. The number of hydrogen-bond donors (Lipinski definition) is 2. The molecule has 0 spiro atoms. The molecule has 1 aliphatic heterocycles. The van der Waals surface area contributed by atoms with Gasteiger partial charge < -0.3 is 10.6 Å². The van der Waals surface area contributed by atoms with Crippen LogP contribution in [0, 0.1) is 19.8 Å². The van der Waals surface area contributed by atoms with Gasteiger partial charge in [-0.15, -0.1) is 0 Å². The number of nitrogens with zero attached hydrogens (tertiary/aromatic N) is 1. The Morgan fingerprint density at radius 3 is 2.15 bits per heavy atom. The molecule has 4 rings (SSSR count). The van der Waals surface area contributed by atoms with Crippen molar-refractivity contribution in [3.63, 3.8) is 0 Å². The molecule has 0 bridgehead atoms. The molecule has 170 valence electrons.